The molecule has 1 fully saturated rings. The van der Waals surface area contributed by atoms with Gasteiger partial charge in [0, 0.05) is 32.7 Å². The van der Waals surface area contributed by atoms with Crippen LogP contribution in [0.3, 0.4) is 0 Å². The van der Waals surface area contributed by atoms with Crippen molar-refractivity contribution in [2.24, 2.45) is 5.73 Å². The van der Waals surface area contributed by atoms with Crippen LogP contribution in [0.4, 0.5) is 0 Å². The Balaban J connectivity index is 1.51. The summed E-state index contributed by atoms with van der Waals surface area (Å²) in [5.41, 5.74) is 6.97. The number of aliphatic hydroxyl groups excluding tert-OH is 1. The summed E-state index contributed by atoms with van der Waals surface area (Å²) >= 11 is 0. The molecular formula is C18H23N3O3. The molecule has 0 bridgehead atoms. The normalized spacial score (nSPS) is 17.0. The van der Waals surface area contributed by atoms with Crippen LogP contribution in [-0.2, 0) is 6.54 Å². The number of aliphatic hydroxyl groups is 1. The molecule has 1 aliphatic rings. The average molecular weight is 329 g/mol. The molecule has 1 aromatic heterocycles. The minimum absolute atomic E-state index is 0.0262. The van der Waals surface area contributed by atoms with Crippen molar-refractivity contribution in [3.05, 3.63) is 59.5 Å². The zero-order valence-electron chi connectivity index (χ0n) is 13.6. The first-order chi connectivity index (χ1) is 11.7. The van der Waals surface area contributed by atoms with Gasteiger partial charge in [0.1, 0.15) is 12.0 Å². The summed E-state index contributed by atoms with van der Waals surface area (Å²) < 4.78 is 5.23. The van der Waals surface area contributed by atoms with E-state index >= 15 is 0 Å². The zero-order valence-corrected chi connectivity index (χ0v) is 13.6. The van der Waals surface area contributed by atoms with Crippen LogP contribution >= 0.6 is 0 Å². The lowest BCUT2D eigenvalue weighted by Gasteiger charge is -2.35. The highest BCUT2D eigenvalue weighted by Gasteiger charge is 2.24. The Hall–Kier alpha value is -2.15. The summed E-state index contributed by atoms with van der Waals surface area (Å²) in [6, 6.07) is 11.3. The number of nitrogens with two attached hydrogens (primary N) is 1. The number of benzene rings is 1. The van der Waals surface area contributed by atoms with E-state index in [0.29, 0.717) is 37.5 Å². The van der Waals surface area contributed by atoms with Gasteiger partial charge in [-0.15, -0.1) is 0 Å². The Bertz CT molecular complexity index is 663. The zero-order chi connectivity index (χ0) is 16.9. The summed E-state index contributed by atoms with van der Waals surface area (Å²) in [6.45, 7) is 3.65. The van der Waals surface area contributed by atoms with Gasteiger partial charge in [0.2, 0.25) is 0 Å². The maximum absolute atomic E-state index is 12.4. The molecule has 24 heavy (non-hydrogen) atoms. The fraction of sp³-hybridized carbons (Fsp3) is 0.389. The molecule has 6 nitrogen and oxygen atoms in total. The predicted molar refractivity (Wildman–Crippen MR) is 90.3 cm³/mol. The summed E-state index contributed by atoms with van der Waals surface area (Å²) in [4.78, 5) is 16.4. The van der Waals surface area contributed by atoms with E-state index in [-0.39, 0.29) is 5.91 Å². The number of nitrogens with zero attached hydrogens (tertiary/aromatic N) is 2. The van der Waals surface area contributed by atoms with Gasteiger partial charge in [-0.2, -0.15) is 0 Å². The Labute approximate surface area is 141 Å². The monoisotopic (exact) mass is 329 g/mol. The number of hydrogen-bond donors (Lipinski definition) is 2. The van der Waals surface area contributed by atoms with Gasteiger partial charge in [0.15, 0.2) is 0 Å². The second kappa shape index (κ2) is 7.61. The van der Waals surface area contributed by atoms with Crippen LogP contribution in [0.2, 0.25) is 0 Å². The van der Waals surface area contributed by atoms with Crippen molar-refractivity contribution in [2.75, 3.05) is 32.7 Å². The third-order valence-electron chi connectivity index (χ3n) is 4.38. The van der Waals surface area contributed by atoms with Gasteiger partial charge in [-0.25, -0.2) is 0 Å². The van der Waals surface area contributed by atoms with Crippen molar-refractivity contribution < 1.29 is 14.3 Å². The predicted octanol–water partition coefficient (Wildman–Crippen LogP) is 1.23. The lowest BCUT2D eigenvalue weighted by Crippen LogP contribution is -2.49. The Morgan fingerprint density at radius 3 is 2.54 bits per heavy atom. The highest BCUT2D eigenvalue weighted by atomic mass is 16.3. The van der Waals surface area contributed by atoms with Crippen LogP contribution in [0.5, 0.6) is 0 Å². The molecule has 3 N–H and O–H groups in total. The standard InChI is InChI=1S/C18H23N3O3/c19-11-16-10-15(13-24-16)18(23)21-8-6-20(7-9-21)12-17(22)14-4-2-1-3-5-14/h1-5,10,13,17,22H,6-9,11-12,19H2. The SMILES string of the molecule is NCc1cc(C(=O)N2CCN(CC(O)c3ccccc3)CC2)co1. The molecule has 0 aliphatic carbocycles. The van der Waals surface area contributed by atoms with Gasteiger partial charge in [0.25, 0.3) is 5.91 Å². The smallest absolute Gasteiger partial charge is 0.257 e. The first-order valence-electron chi connectivity index (χ1n) is 8.19. The summed E-state index contributed by atoms with van der Waals surface area (Å²) in [5, 5.41) is 10.3. The molecule has 6 heteroatoms. The topological polar surface area (TPSA) is 82.9 Å². The molecular weight excluding hydrogens is 306 g/mol. The number of β-amino-alcohol motifs (C(OH)–C–C–N with tert-alkyl or cyclic N) is 1. The van der Waals surface area contributed by atoms with E-state index in [0.717, 1.165) is 18.7 Å². The number of furan rings is 1. The largest absolute Gasteiger partial charge is 0.467 e. The quantitative estimate of drug-likeness (QED) is 0.862. The first-order valence-corrected chi connectivity index (χ1v) is 8.19. The van der Waals surface area contributed by atoms with Gasteiger partial charge in [0.05, 0.1) is 18.2 Å². The third kappa shape index (κ3) is 3.84. The van der Waals surface area contributed by atoms with E-state index in [1.165, 1.54) is 6.26 Å². The van der Waals surface area contributed by atoms with Crippen LogP contribution < -0.4 is 5.73 Å². The first kappa shape index (κ1) is 16.7. The van der Waals surface area contributed by atoms with Gasteiger partial charge in [-0.1, -0.05) is 30.3 Å². The summed E-state index contributed by atoms with van der Waals surface area (Å²) in [7, 11) is 0. The van der Waals surface area contributed by atoms with Gasteiger partial charge >= 0.3 is 0 Å². The number of carbonyl (C=O) groups is 1. The molecule has 1 unspecified atom stereocenters. The van der Waals surface area contributed by atoms with Crippen molar-refractivity contribution in [3.8, 4) is 0 Å². The van der Waals surface area contributed by atoms with Gasteiger partial charge in [-0.05, 0) is 11.6 Å². The number of amides is 1. The molecule has 0 spiro atoms. The number of hydrogen-bond acceptors (Lipinski definition) is 5. The Kier molecular flexibility index (Phi) is 5.30. The molecule has 128 valence electrons. The number of carbonyl (C=O) groups excluding carboxylic acids is 1. The second-order valence-electron chi connectivity index (χ2n) is 6.03. The average Bonchev–Trinajstić information content (AvgIpc) is 3.11. The lowest BCUT2D eigenvalue weighted by molar-refractivity contribution is 0.0527. The molecule has 2 aromatic rings. The maximum Gasteiger partial charge on any atom is 0.257 e. The van der Waals surface area contributed by atoms with E-state index < -0.39 is 6.10 Å². The lowest BCUT2D eigenvalue weighted by atomic mass is 10.1. The molecule has 1 amide bonds. The van der Waals surface area contributed by atoms with E-state index in [2.05, 4.69) is 4.90 Å². The highest BCUT2D eigenvalue weighted by Crippen LogP contribution is 2.16. The fourth-order valence-corrected chi connectivity index (χ4v) is 2.94. The van der Waals surface area contributed by atoms with E-state index in [9.17, 15) is 9.90 Å². The van der Waals surface area contributed by atoms with E-state index in [4.69, 9.17) is 10.2 Å². The fourth-order valence-electron chi connectivity index (χ4n) is 2.94. The van der Waals surface area contributed by atoms with E-state index in [1.54, 1.807) is 6.07 Å². The molecule has 0 saturated carbocycles. The molecule has 3 rings (SSSR count). The molecule has 1 aliphatic heterocycles. The molecule has 1 atom stereocenters. The molecule has 1 saturated heterocycles. The van der Waals surface area contributed by atoms with Crippen LogP contribution in [0, 0.1) is 0 Å². The number of piperazine rings is 1. The van der Waals surface area contributed by atoms with Crippen molar-refractivity contribution >= 4 is 5.91 Å². The number of rotatable bonds is 5. The van der Waals surface area contributed by atoms with Crippen molar-refractivity contribution in [3.63, 3.8) is 0 Å². The summed E-state index contributed by atoms with van der Waals surface area (Å²) in [6.07, 6.45) is 0.963. The highest BCUT2D eigenvalue weighted by molar-refractivity contribution is 5.94. The van der Waals surface area contributed by atoms with Crippen LogP contribution in [0.15, 0.2) is 47.1 Å². The molecule has 2 heterocycles. The third-order valence-corrected chi connectivity index (χ3v) is 4.38. The second-order valence-corrected chi connectivity index (χ2v) is 6.03. The van der Waals surface area contributed by atoms with Crippen molar-refractivity contribution in [1.82, 2.24) is 9.80 Å². The van der Waals surface area contributed by atoms with Crippen molar-refractivity contribution in [2.45, 2.75) is 12.6 Å². The Morgan fingerprint density at radius 2 is 1.92 bits per heavy atom. The van der Waals surface area contributed by atoms with Crippen molar-refractivity contribution in [1.29, 1.82) is 0 Å². The Morgan fingerprint density at radius 1 is 1.21 bits per heavy atom. The van der Waals surface area contributed by atoms with E-state index in [1.807, 2.05) is 35.2 Å². The van der Waals surface area contributed by atoms with Crippen LogP contribution in [0.25, 0.3) is 0 Å². The molecule has 0 radical (unpaired) electrons. The van der Waals surface area contributed by atoms with Crippen LogP contribution in [0.1, 0.15) is 27.8 Å². The minimum Gasteiger partial charge on any atom is -0.467 e. The minimum atomic E-state index is -0.505. The molecule has 1 aromatic carbocycles. The summed E-state index contributed by atoms with van der Waals surface area (Å²) in [5.74, 6) is 0.588. The maximum atomic E-state index is 12.4. The van der Waals surface area contributed by atoms with Gasteiger partial charge < -0.3 is 20.2 Å². The van der Waals surface area contributed by atoms with Crippen LogP contribution in [-0.4, -0.2) is 53.5 Å². The van der Waals surface area contributed by atoms with Gasteiger partial charge in [-0.3, -0.25) is 9.69 Å².